The normalized spacial score (nSPS) is 11.3. The SMILES string of the molecule is NC(=O)OC[C@@H](Cc1ccccc1)NC(=O)OCc1ccccc1. The third-order valence-electron chi connectivity index (χ3n) is 3.29. The van der Waals surface area contributed by atoms with Gasteiger partial charge < -0.3 is 20.5 Å². The van der Waals surface area contributed by atoms with E-state index in [1.807, 2.05) is 60.7 Å². The van der Waals surface area contributed by atoms with Crippen LogP contribution in [0.2, 0.25) is 0 Å². The van der Waals surface area contributed by atoms with Gasteiger partial charge in [-0.1, -0.05) is 60.7 Å². The lowest BCUT2D eigenvalue weighted by Crippen LogP contribution is -2.41. The number of hydrogen-bond donors (Lipinski definition) is 2. The fraction of sp³-hybridized carbons (Fsp3) is 0.222. The van der Waals surface area contributed by atoms with Gasteiger partial charge in [0.25, 0.3) is 0 Å². The van der Waals surface area contributed by atoms with Crippen LogP contribution in [0.1, 0.15) is 11.1 Å². The van der Waals surface area contributed by atoms with E-state index in [0.717, 1.165) is 11.1 Å². The average molecular weight is 328 g/mol. The molecule has 0 heterocycles. The van der Waals surface area contributed by atoms with Crippen molar-refractivity contribution < 1.29 is 19.1 Å². The van der Waals surface area contributed by atoms with E-state index in [0.29, 0.717) is 6.42 Å². The Morgan fingerprint density at radius 3 is 2.08 bits per heavy atom. The lowest BCUT2D eigenvalue weighted by molar-refractivity contribution is 0.119. The highest BCUT2D eigenvalue weighted by atomic mass is 16.6. The van der Waals surface area contributed by atoms with Gasteiger partial charge in [0.2, 0.25) is 0 Å². The summed E-state index contributed by atoms with van der Waals surface area (Å²) in [5.41, 5.74) is 6.88. The van der Waals surface area contributed by atoms with Crippen LogP contribution in [0.4, 0.5) is 9.59 Å². The number of carbonyl (C=O) groups excluding carboxylic acids is 2. The van der Waals surface area contributed by atoms with Crippen molar-refractivity contribution in [1.29, 1.82) is 0 Å². The highest BCUT2D eigenvalue weighted by Crippen LogP contribution is 2.05. The summed E-state index contributed by atoms with van der Waals surface area (Å²) in [7, 11) is 0. The van der Waals surface area contributed by atoms with E-state index in [9.17, 15) is 9.59 Å². The molecular weight excluding hydrogens is 308 g/mol. The van der Waals surface area contributed by atoms with Crippen molar-refractivity contribution in [3.8, 4) is 0 Å². The molecule has 0 saturated carbocycles. The Labute approximate surface area is 140 Å². The van der Waals surface area contributed by atoms with Gasteiger partial charge in [-0.2, -0.15) is 0 Å². The van der Waals surface area contributed by atoms with Gasteiger partial charge in [0, 0.05) is 0 Å². The van der Waals surface area contributed by atoms with Gasteiger partial charge >= 0.3 is 12.2 Å². The van der Waals surface area contributed by atoms with Gasteiger partial charge in [0.05, 0.1) is 6.04 Å². The fourth-order valence-electron chi connectivity index (χ4n) is 2.16. The summed E-state index contributed by atoms with van der Waals surface area (Å²) < 4.78 is 9.99. The molecule has 2 rings (SSSR count). The number of ether oxygens (including phenoxy) is 2. The molecule has 0 aliphatic carbocycles. The Kier molecular flexibility index (Phi) is 6.64. The molecule has 0 fully saturated rings. The maximum absolute atomic E-state index is 12.0. The van der Waals surface area contributed by atoms with Crippen molar-refractivity contribution in [1.82, 2.24) is 5.32 Å². The number of nitrogens with one attached hydrogen (secondary N) is 1. The van der Waals surface area contributed by atoms with Crippen LogP contribution < -0.4 is 11.1 Å². The highest BCUT2D eigenvalue weighted by molar-refractivity contribution is 5.68. The third kappa shape index (κ3) is 6.39. The fourth-order valence-corrected chi connectivity index (χ4v) is 2.16. The maximum atomic E-state index is 12.0. The molecule has 0 spiro atoms. The summed E-state index contributed by atoms with van der Waals surface area (Å²) in [6, 6.07) is 18.5. The van der Waals surface area contributed by atoms with Crippen LogP contribution in [0, 0.1) is 0 Å². The number of primary amides is 1. The molecule has 2 aromatic rings. The van der Waals surface area contributed by atoms with E-state index in [1.54, 1.807) is 0 Å². The van der Waals surface area contributed by atoms with Crippen molar-refractivity contribution in [2.45, 2.75) is 19.1 Å². The molecule has 24 heavy (non-hydrogen) atoms. The summed E-state index contributed by atoms with van der Waals surface area (Å²) in [5.74, 6) is 0. The molecule has 3 N–H and O–H groups in total. The zero-order valence-electron chi connectivity index (χ0n) is 13.2. The van der Waals surface area contributed by atoms with Gasteiger partial charge in [-0.15, -0.1) is 0 Å². The number of benzene rings is 2. The van der Waals surface area contributed by atoms with Gasteiger partial charge in [-0.25, -0.2) is 9.59 Å². The zero-order chi connectivity index (χ0) is 17.2. The third-order valence-corrected chi connectivity index (χ3v) is 3.29. The van der Waals surface area contributed by atoms with Crippen molar-refractivity contribution in [2.24, 2.45) is 5.73 Å². The van der Waals surface area contributed by atoms with Crippen molar-refractivity contribution in [3.05, 3.63) is 71.8 Å². The minimum Gasteiger partial charge on any atom is -0.448 e. The second kappa shape index (κ2) is 9.19. The van der Waals surface area contributed by atoms with Crippen molar-refractivity contribution in [3.63, 3.8) is 0 Å². The second-order valence-corrected chi connectivity index (χ2v) is 5.22. The first kappa shape index (κ1) is 17.3. The van der Waals surface area contributed by atoms with Gasteiger partial charge in [-0.05, 0) is 17.5 Å². The number of hydrogen-bond acceptors (Lipinski definition) is 4. The maximum Gasteiger partial charge on any atom is 0.407 e. The predicted molar refractivity (Wildman–Crippen MR) is 89.2 cm³/mol. The Morgan fingerprint density at radius 1 is 0.917 bits per heavy atom. The number of nitrogens with two attached hydrogens (primary N) is 1. The minimum atomic E-state index is -0.882. The Morgan fingerprint density at radius 2 is 1.50 bits per heavy atom. The predicted octanol–water partition coefficient (Wildman–Crippen LogP) is 2.62. The monoisotopic (exact) mass is 328 g/mol. The lowest BCUT2D eigenvalue weighted by atomic mass is 10.1. The van der Waals surface area contributed by atoms with Crippen molar-refractivity contribution in [2.75, 3.05) is 6.61 Å². The molecule has 126 valence electrons. The summed E-state index contributed by atoms with van der Waals surface area (Å²) in [6.07, 6.45) is -0.963. The first-order valence-electron chi connectivity index (χ1n) is 7.57. The molecule has 6 heteroatoms. The van der Waals surface area contributed by atoms with Crippen molar-refractivity contribution >= 4 is 12.2 Å². The Hall–Kier alpha value is -3.02. The first-order valence-corrected chi connectivity index (χ1v) is 7.57. The second-order valence-electron chi connectivity index (χ2n) is 5.22. The van der Waals surface area contributed by atoms with Crippen LogP contribution in [0.5, 0.6) is 0 Å². The number of alkyl carbamates (subject to hydrolysis) is 1. The van der Waals surface area contributed by atoms with Crippen LogP contribution in [-0.2, 0) is 22.5 Å². The molecule has 2 aromatic carbocycles. The van der Waals surface area contributed by atoms with Gasteiger partial charge in [0.15, 0.2) is 0 Å². The van der Waals surface area contributed by atoms with Crippen LogP contribution in [0.25, 0.3) is 0 Å². The lowest BCUT2D eigenvalue weighted by Gasteiger charge is -2.18. The van der Waals surface area contributed by atoms with E-state index in [-0.39, 0.29) is 13.2 Å². The number of amides is 2. The summed E-state index contributed by atoms with van der Waals surface area (Å²) >= 11 is 0. The molecule has 0 aliphatic heterocycles. The molecule has 2 amide bonds. The first-order chi connectivity index (χ1) is 11.6. The molecule has 0 saturated heterocycles. The van der Waals surface area contributed by atoms with E-state index >= 15 is 0 Å². The molecule has 0 radical (unpaired) electrons. The summed E-state index contributed by atoms with van der Waals surface area (Å²) in [4.78, 5) is 22.8. The van der Waals surface area contributed by atoms with Crippen LogP contribution in [-0.4, -0.2) is 24.8 Å². The Balaban J connectivity index is 1.88. The highest BCUT2D eigenvalue weighted by Gasteiger charge is 2.16. The Bertz CT molecular complexity index is 647. The molecule has 0 aromatic heterocycles. The van der Waals surface area contributed by atoms with E-state index in [1.165, 1.54) is 0 Å². The average Bonchev–Trinajstić information content (AvgIpc) is 2.60. The smallest absolute Gasteiger partial charge is 0.407 e. The van der Waals surface area contributed by atoms with E-state index < -0.39 is 18.2 Å². The molecular formula is C18H20N2O4. The van der Waals surface area contributed by atoms with Crippen LogP contribution >= 0.6 is 0 Å². The minimum absolute atomic E-state index is 0.0232. The van der Waals surface area contributed by atoms with E-state index in [2.05, 4.69) is 5.32 Å². The van der Waals surface area contributed by atoms with Gasteiger partial charge in [0.1, 0.15) is 13.2 Å². The summed E-state index contributed by atoms with van der Waals surface area (Å²) in [6.45, 7) is 0.145. The molecule has 0 aliphatic rings. The van der Waals surface area contributed by atoms with E-state index in [4.69, 9.17) is 15.2 Å². The molecule has 1 atom stereocenters. The number of rotatable bonds is 7. The largest absolute Gasteiger partial charge is 0.448 e. The number of carbonyl (C=O) groups is 2. The molecule has 6 nitrogen and oxygen atoms in total. The summed E-state index contributed by atoms with van der Waals surface area (Å²) in [5, 5.41) is 2.70. The zero-order valence-corrected chi connectivity index (χ0v) is 13.2. The topological polar surface area (TPSA) is 90.7 Å². The standard InChI is InChI=1S/C18H20N2O4/c19-17(21)23-13-16(11-14-7-3-1-4-8-14)20-18(22)24-12-15-9-5-2-6-10-15/h1-10,16H,11-13H2,(H2,19,21)(H,20,22)/t16-/m1/s1. The van der Waals surface area contributed by atoms with Crippen LogP contribution in [0.3, 0.4) is 0 Å². The quantitative estimate of drug-likeness (QED) is 0.817. The van der Waals surface area contributed by atoms with Crippen LogP contribution in [0.15, 0.2) is 60.7 Å². The molecule has 0 unspecified atom stereocenters. The molecule has 0 bridgehead atoms. The van der Waals surface area contributed by atoms with Gasteiger partial charge in [-0.3, -0.25) is 0 Å².